The van der Waals surface area contributed by atoms with Gasteiger partial charge in [-0.25, -0.2) is 4.79 Å². The second-order valence-electron chi connectivity index (χ2n) is 6.23. The van der Waals surface area contributed by atoms with Gasteiger partial charge in [0.05, 0.1) is 0 Å². The first-order valence-electron chi connectivity index (χ1n) is 6.45. The number of carboxylic acid groups (broad SMARTS) is 1. The van der Waals surface area contributed by atoms with Crippen molar-refractivity contribution in [3.05, 3.63) is 0 Å². The smallest absolute Gasteiger partial charge is 0.345 e. The summed E-state index contributed by atoms with van der Waals surface area (Å²) in [6, 6.07) is 0. The summed E-state index contributed by atoms with van der Waals surface area (Å²) >= 11 is 0. The van der Waals surface area contributed by atoms with E-state index in [2.05, 4.69) is 0 Å². The molecule has 0 aromatic heterocycles. The maximum Gasteiger partial charge on any atom is 0.345 e. The molecular formula is C13H18O4. The molecule has 0 saturated heterocycles. The highest BCUT2D eigenvalue weighted by atomic mass is 16.5. The molecule has 4 rings (SSSR count). The summed E-state index contributed by atoms with van der Waals surface area (Å²) < 4.78 is 4.91. The quantitative estimate of drug-likeness (QED) is 0.759. The number of carbonyl (C=O) groups excluding carboxylic acids is 1. The van der Waals surface area contributed by atoms with Gasteiger partial charge in [-0.05, 0) is 56.3 Å². The monoisotopic (exact) mass is 238 g/mol. The van der Waals surface area contributed by atoms with E-state index in [0.29, 0.717) is 24.2 Å². The van der Waals surface area contributed by atoms with Crippen LogP contribution >= 0.6 is 0 Å². The first-order chi connectivity index (χ1) is 8.13. The SMILES string of the molecule is O=COC(C(=O)O)C12CC3CC(CC(C3)C1)C2. The van der Waals surface area contributed by atoms with Crippen molar-refractivity contribution in [3.8, 4) is 0 Å². The number of carbonyl (C=O) groups is 2. The predicted octanol–water partition coefficient (Wildman–Crippen LogP) is 1.83. The molecule has 0 amide bonds. The van der Waals surface area contributed by atoms with Crippen molar-refractivity contribution in [3.63, 3.8) is 0 Å². The van der Waals surface area contributed by atoms with Gasteiger partial charge in [0.25, 0.3) is 6.47 Å². The van der Waals surface area contributed by atoms with E-state index in [1.54, 1.807) is 0 Å². The summed E-state index contributed by atoms with van der Waals surface area (Å²) in [5.74, 6) is 1.02. The highest BCUT2D eigenvalue weighted by Gasteiger charge is 2.57. The largest absolute Gasteiger partial charge is 0.478 e. The third-order valence-corrected chi connectivity index (χ3v) is 5.06. The fraction of sp³-hybridized carbons (Fsp3) is 0.846. The van der Waals surface area contributed by atoms with Crippen LogP contribution < -0.4 is 0 Å². The molecule has 1 unspecified atom stereocenters. The molecule has 4 aliphatic carbocycles. The molecule has 4 heteroatoms. The molecule has 4 nitrogen and oxygen atoms in total. The molecule has 0 radical (unpaired) electrons. The Morgan fingerprint density at radius 3 is 2.00 bits per heavy atom. The van der Waals surface area contributed by atoms with Gasteiger partial charge < -0.3 is 9.84 Å². The minimum Gasteiger partial charge on any atom is -0.478 e. The number of carboxylic acids is 1. The Kier molecular flexibility index (Phi) is 2.42. The van der Waals surface area contributed by atoms with Gasteiger partial charge in [-0.3, -0.25) is 4.79 Å². The molecule has 94 valence electrons. The van der Waals surface area contributed by atoms with Crippen molar-refractivity contribution in [2.45, 2.75) is 44.6 Å². The van der Waals surface area contributed by atoms with Crippen molar-refractivity contribution in [1.29, 1.82) is 0 Å². The maximum absolute atomic E-state index is 11.3. The van der Waals surface area contributed by atoms with Gasteiger partial charge in [-0.1, -0.05) is 0 Å². The third kappa shape index (κ3) is 1.65. The zero-order valence-electron chi connectivity index (χ0n) is 9.80. The Morgan fingerprint density at radius 1 is 1.18 bits per heavy atom. The highest BCUT2D eigenvalue weighted by Crippen LogP contribution is 2.61. The van der Waals surface area contributed by atoms with Crippen LogP contribution in [0.25, 0.3) is 0 Å². The lowest BCUT2D eigenvalue weighted by molar-refractivity contribution is -0.182. The van der Waals surface area contributed by atoms with E-state index < -0.39 is 12.1 Å². The molecule has 4 fully saturated rings. The second-order valence-corrected chi connectivity index (χ2v) is 6.23. The number of ether oxygens (including phenoxy) is 1. The van der Waals surface area contributed by atoms with E-state index in [1.807, 2.05) is 0 Å². The average molecular weight is 238 g/mol. The molecule has 4 saturated carbocycles. The van der Waals surface area contributed by atoms with Crippen molar-refractivity contribution in [2.75, 3.05) is 0 Å². The second kappa shape index (κ2) is 3.72. The third-order valence-electron chi connectivity index (χ3n) is 5.06. The molecular weight excluding hydrogens is 220 g/mol. The molecule has 17 heavy (non-hydrogen) atoms. The molecule has 0 spiro atoms. The summed E-state index contributed by atoms with van der Waals surface area (Å²) in [6.07, 6.45) is 5.65. The fourth-order valence-electron chi connectivity index (χ4n) is 5.02. The lowest BCUT2D eigenvalue weighted by Gasteiger charge is -2.57. The fourth-order valence-corrected chi connectivity index (χ4v) is 5.02. The minimum atomic E-state index is -0.973. The molecule has 1 N–H and O–H groups in total. The van der Waals surface area contributed by atoms with Crippen molar-refractivity contribution >= 4 is 12.4 Å². The first-order valence-corrected chi connectivity index (χ1v) is 6.45. The van der Waals surface area contributed by atoms with Crippen LogP contribution in [0.2, 0.25) is 0 Å². The van der Waals surface area contributed by atoms with Gasteiger partial charge in [0.15, 0.2) is 0 Å². The van der Waals surface area contributed by atoms with Gasteiger partial charge in [0, 0.05) is 5.41 Å². The number of hydrogen-bond acceptors (Lipinski definition) is 3. The van der Waals surface area contributed by atoms with E-state index in [1.165, 1.54) is 19.3 Å². The van der Waals surface area contributed by atoms with Crippen LogP contribution in [0.1, 0.15) is 38.5 Å². The summed E-state index contributed by atoms with van der Waals surface area (Å²) in [5, 5.41) is 9.28. The number of rotatable bonds is 4. The molecule has 4 bridgehead atoms. The van der Waals surface area contributed by atoms with Crippen LogP contribution in [0.5, 0.6) is 0 Å². The maximum atomic E-state index is 11.3. The van der Waals surface area contributed by atoms with Crippen molar-refractivity contribution < 1.29 is 19.4 Å². The van der Waals surface area contributed by atoms with Crippen LogP contribution in [0, 0.1) is 23.2 Å². The number of aliphatic carboxylic acids is 1. The zero-order valence-corrected chi connectivity index (χ0v) is 9.80. The Bertz CT molecular complexity index is 314. The summed E-state index contributed by atoms with van der Waals surface area (Å²) in [6.45, 7) is 0.303. The van der Waals surface area contributed by atoms with E-state index in [9.17, 15) is 14.7 Å². The molecule has 0 aromatic carbocycles. The summed E-state index contributed by atoms with van der Waals surface area (Å²) in [5.41, 5.74) is -0.262. The molecule has 0 aromatic rings. The molecule has 1 atom stereocenters. The summed E-state index contributed by atoms with van der Waals surface area (Å²) in [4.78, 5) is 21.8. The van der Waals surface area contributed by atoms with Gasteiger partial charge in [-0.2, -0.15) is 0 Å². The Labute approximate surface area is 100 Å². The van der Waals surface area contributed by atoms with E-state index >= 15 is 0 Å². The molecule has 0 aliphatic heterocycles. The first kappa shape index (κ1) is 11.1. The van der Waals surface area contributed by atoms with Crippen molar-refractivity contribution in [2.24, 2.45) is 23.2 Å². The average Bonchev–Trinajstić information content (AvgIpc) is 2.23. The molecule has 4 aliphatic rings. The van der Waals surface area contributed by atoms with E-state index in [0.717, 1.165) is 19.3 Å². The molecule has 0 heterocycles. The van der Waals surface area contributed by atoms with E-state index in [-0.39, 0.29) is 5.41 Å². The highest BCUT2D eigenvalue weighted by molar-refractivity contribution is 5.75. The lowest BCUT2D eigenvalue weighted by Crippen LogP contribution is -2.54. The van der Waals surface area contributed by atoms with Crippen LogP contribution in [-0.4, -0.2) is 23.7 Å². The van der Waals surface area contributed by atoms with Gasteiger partial charge in [0.1, 0.15) is 0 Å². The Morgan fingerprint density at radius 2 is 1.65 bits per heavy atom. The zero-order chi connectivity index (χ0) is 12.0. The number of hydrogen-bond donors (Lipinski definition) is 1. The van der Waals surface area contributed by atoms with Gasteiger partial charge in [0.2, 0.25) is 6.10 Å². The van der Waals surface area contributed by atoms with E-state index in [4.69, 9.17) is 4.74 Å². The lowest BCUT2D eigenvalue weighted by atomic mass is 9.48. The standard InChI is InChI=1S/C13H18O4/c14-7-17-11(12(15)16)13-4-8-1-9(5-13)3-10(2-8)6-13/h7-11H,1-6H2,(H,15,16). The van der Waals surface area contributed by atoms with Gasteiger partial charge >= 0.3 is 5.97 Å². The van der Waals surface area contributed by atoms with Crippen LogP contribution in [-0.2, 0) is 14.3 Å². The predicted molar refractivity (Wildman–Crippen MR) is 59.2 cm³/mol. The normalized spacial score (nSPS) is 44.4. The Balaban J connectivity index is 1.89. The minimum absolute atomic E-state index is 0.262. The van der Waals surface area contributed by atoms with Crippen molar-refractivity contribution in [1.82, 2.24) is 0 Å². The van der Waals surface area contributed by atoms with Crippen LogP contribution in [0.15, 0.2) is 0 Å². The topological polar surface area (TPSA) is 63.6 Å². The Hall–Kier alpha value is -1.06. The van der Waals surface area contributed by atoms with Crippen LogP contribution in [0.3, 0.4) is 0 Å². The van der Waals surface area contributed by atoms with Crippen LogP contribution in [0.4, 0.5) is 0 Å². The van der Waals surface area contributed by atoms with Gasteiger partial charge in [-0.15, -0.1) is 0 Å². The summed E-state index contributed by atoms with van der Waals surface area (Å²) in [7, 11) is 0.